The van der Waals surface area contributed by atoms with Crippen molar-refractivity contribution in [1.82, 2.24) is 0 Å². The Morgan fingerprint density at radius 2 is 1.75 bits per heavy atom. The fraction of sp³-hybridized carbons (Fsp3) is 0.667. The van der Waals surface area contributed by atoms with Crippen molar-refractivity contribution in [2.75, 3.05) is 0 Å². The van der Waals surface area contributed by atoms with Crippen molar-refractivity contribution < 1.29 is 27.1 Å². The van der Waals surface area contributed by atoms with Crippen molar-refractivity contribution >= 4 is 0 Å². The summed E-state index contributed by atoms with van der Waals surface area (Å²) in [5.74, 6) is -4.79. The second kappa shape index (κ2) is 3.38. The molecule has 72 valence electrons. The van der Waals surface area contributed by atoms with Gasteiger partial charge < -0.3 is 5.11 Å². The molecule has 0 saturated carbocycles. The summed E-state index contributed by atoms with van der Waals surface area (Å²) in [5, 5.41) is 8.04. The normalized spacial score (nSPS) is 19.8. The van der Waals surface area contributed by atoms with Crippen molar-refractivity contribution in [3.8, 4) is 0 Å². The molecule has 0 aromatic carbocycles. The Labute approximate surface area is 65.5 Å². The lowest BCUT2D eigenvalue weighted by Gasteiger charge is -2.24. The number of hydrogen-bond acceptors (Lipinski definition) is 1. The Morgan fingerprint density at radius 1 is 1.33 bits per heavy atom. The molecular formula is C6H7F5O. The van der Waals surface area contributed by atoms with Crippen LogP contribution < -0.4 is 0 Å². The van der Waals surface area contributed by atoms with E-state index in [0.29, 0.717) is 0 Å². The molecule has 0 amide bonds. The van der Waals surface area contributed by atoms with Gasteiger partial charge in [0.05, 0.1) is 0 Å². The zero-order chi connectivity index (χ0) is 9.99. The molecule has 0 aromatic rings. The van der Waals surface area contributed by atoms with Gasteiger partial charge in [-0.1, -0.05) is 6.08 Å². The standard InChI is InChI=1S/C6H7F5O/c1-2-3-4(7)5(8,12)6(9,10)11/h2,4,12H,1,3H2. The summed E-state index contributed by atoms with van der Waals surface area (Å²) in [7, 11) is 0. The minimum absolute atomic E-state index is 0.751. The van der Waals surface area contributed by atoms with E-state index in [0.717, 1.165) is 6.08 Å². The minimum atomic E-state index is -5.62. The van der Waals surface area contributed by atoms with E-state index in [1.165, 1.54) is 0 Å². The van der Waals surface area contributed by atoms with Gasteiger partial charge in [-0.25, -0.2) is 4.39 Å². The summed E-state index contributed by atoms with van der Waals surface area (Å²) in [6, 6.07) is 0. The van der Waals surface area contributed by atoms with Crippen LogP contribution in [-0.2, 0) is 0 Å². The number of rotatable bonds is 3. The number of alkyl halides is 5. The molecular weight excluding hydrogens is 183 g/mol. The number of hydrogen-bond donors (Lipinski definition) is 1. The van der Waals surface area contributed by atoms with Gasteiger partial charge in [0.1, 0.15) is 0 Å². The molecule has 2 unspecified atom stereocenters. The SMILES string of the molecule is C=CCC(F)C(O)(F)C(F)(F)F. The molecule has 12 heavy (non-hydrogen) atoms. The lowest BCUT2D eigenvalue weighted by molar-refractivity contribution is -0.335. The molecule has 0 radical (unpaired) electrons. The summed E-state index contributed by atoms with van der Waals surface area (Å²) < 4.78 is 59.0. The molecule has 0 aliphatic carbocycles. The maximum atomic E-state index is 12.3. The van der Waals surface area contributed by atoms with Crippen LogP contribution in [0.5, 0.6) is 0 Å². The Balaban J connectivity index is 4.48. The first kappa shape index (κ1) is 11.4. The maximum absolute atomic E-state index is 12.3. The van der Waals surface area contributed by atoms with Crippen LogP contribution >= 0.6 is 0 Å². The molecule has 1 nitrogen and oxygen atoms in total. The number of aliphatic hydroxyl groups is 1. The largest absolute Gasteiger partial charge is 0.451 e. The summed E-state index contributed by atoms with van der Waals surface area (Å²) in [5.41, 5.74) is 0. The van der Waals surface area contributed by atoms with Crippen molar-refractivity contribution in [1.29, 1.82) is 0 Å². The van der Waals surface area contributed by atoms with Gasteiger partial charge in [-0.3, -0.25) is 0 Å². The minimum Gasteiger partial charge on any atom is -0.353 e. The van der Waals surface area contributed by atoms with Crippen LogP contribution in [0.3, 0.4) is 0 Å². The Morgan fingerprint density at radius 3 is 2.00 bits per heavy atom. The van der Waals surface area contributed by atoms with Crippen LogP contribution in [0.1, 0.15) is 6.42 Å². The smallest absolute Gasteiger partial charge is 0.353 e. The van der Waals surface area contributed by atoms with E-state index in [2.05, 4.69) is 6.58 Å². The third-order valence-electron chi connectivity index (χ3n) is 1.19. The number of allylic oxidation sites excluding steroid dienone is 1. The van der Waals surface area contributed by atoms with Crippen LogP contribution in [0.4, 0.5) is 22.0 Å². The average molecular weight is 190 g/mol. The van der Waals surface area contributed by atoms with Gasteiger partial charge >= 0.3 is 12.0 Å². The van der Waals surface area contributed by atoms with Gasteiger partial charge in [-0.05, 0) is 0 Å². The van der Waals surface area contributed by atoms with E-state index in [-0.39, 0.29) is 0 Å². The van der Waals surface area contributed by atoms with Crippen molar-refractivity contribution in [2.24, 2.45) is 0 Å². The van der Waals surface area contributed by atoms with E-state index in [9.17, 15) is 22.0 Å². The lowest BCUT2D eigenvalue weighted by Crippen LogP contribution is -2.48. The number of halogens is 5. The molecule has 0 spiro atoms. The first-order valence-electron chi connectivity index (χ1n) is 2.96. The highest BCUT2D eigenvalue weighted by atomic mass is 19.4. The van der Waals surface area contributed by atoms with Gasteiger partial charge in [0, 0.05) is 6.42 Å². The predicted octanol–water partition coefficient (Wildman–Crippen LogP) is 2.12. The Kier molecular flexibility index (Phi) is 3.20. The maximum Gasteiger partial charge on any atom is 0.451 e. The van der Waals surface area contributed by atoms with Crippen molar-refractivity contribution in [2.45, 2.75) is 24.6 Å². The molecule has 1 N–H and O–H groups in total. The van der Waals surface area contributed by atoms with Crippen LogP contribution in [-0.4, -0.2) is 23.3 Å². The zero-order valence-electron chi connectivity index (χ0n) is 5.91. The molecule has 0 aromatic heterocycles. The lowest BCUT2D eigenvalue weighted by atomic mass is 10.1. The summed E-state index contributed by atoms with van der Waals surface area (Å²) >= 11 is 0. The van der Waals surface area contributed by atoms with Gasteiger partial charge in [0.15, 0.2) is 6.17 Å². The highest BCUT2D eigenvalue weighted by molar-refractivity contribution is 4.88. The molecule has 0 fully saturated rings. The average Bonchev–Trinajstić information content (AvgIpc) is 1.85. The van der Waals surface area contributed by atoms with Crippen molar-refractivity contribution in [3.63, 3.8) is 0 Å². The fourth-order valence-electron chi connectivity index (χ4n) is 0.480. The molecule has 0 aliphatic heterocycles. The van der Waals surface area contributed by atoms with Gasteiger partial charge in [0.2, 0.25) is 0 Å². The van der Waals surface area contributed by atoms with Crippen LogP contribution in [0.2, 0.25) is 0 Å². The molecule has 0 bridgehead atoms. The third kappa shape index (κ3) is 2.17. The quantitative estimate of drug-likeness (QED) is 0.533. The van der Waals surface area contributed by atoms with E-state index < -0.39 is 24.6 Å². The van der Waals surface area contributed by atoms with Gasteiger partial charge in [0.25, 0.3) is 0 Å². The summed E-state index contributed by atoms with van der Waals surface area (Å²) in [6.45, 7) is 2.91. The molecule has 6 heteroatoms. The van der Waals surface area contributed by atoms with E-state index in [1.54, 1.807) is 0 Å². The molecule has 0 rings (SSSR count). The zero-order valence-corrected chi connectivity index (χ0v) is 5.91. The molecule has 0 heterocycles. The Bertz CT molecular complexity index is 162. The van der Waals surface area contributed by atoms with Gasteiger partial charge in [-0.2, -0.15) is 17.6 Å². The van der Waals surface area contributed by atoms with E-state index in [1.807, 2.05) is 0 Å². The predicted molar refractivity (Wildman–Crippen MR) is 31.8 cm³/mol. The molecule has 0 saturated heterocycles. The van der Waals surface area contributed by atoms with Crippen LogP contribution in [0, 0.1) is 0 Å². The topological polar surface area (TPSA) is 20.2 Å². The van der Waals surface area contributed by atoms with E-state index >= 15 is 0 Å². The van der Waals surface area contributed by atoms with Crippen molar-refractivity contribution in [3.05, 3.63) is 12.7 Å². The second-order valence-electron chi connectivity index (χ2n) is 2.16. The van der Waals surface area contributed by atoms with E-state index in [4.69, 9.17) is 5.11 Å². The highest BCUT2D eigenvalue weighted by Gasteiger charge is 2.60. The van der Waals surface area contributed by atoms with Crippen LogP contribution in [0.25, 0.3) is 0 Å². The van der Waals surface area contributed by atoms with Crippen LogP contribution in [0.15, 0.2) is 12.7 Å². The summed E-state index contributed by atoms with van der Waals surface area (Å²) in [6.07, 6.45) is -8.79. The molecule has 2 atom stereocenters. The highest BCUT2D eigenvalue weighted by Crippen LogP contribution is 2.36. The fourth-order valence-corrected chi connectivity index (χ4v) is 0.480. The first-order valence-corrected chi connectivity index (χ1v) is 2.96. The second-order valence-corrected chi connectivity index (χ2v) is 2.16. The first-order chi connectivity index (χ1) is 5.23. The molecule has 0 aliphatic rings. The Hall–Kier alpha value is -0.650. The van der Waals surface area contributed by atoms with Gasteiger partial charge in [-0.15, -0.1) is 6.58 Å². The summed E-state index contributed by atoms with van der Waals surface area (Å²) in [4.78, 5) is 0. The monoisotopic (exact) mass is 190 g/mol. The third-order valence-corrected chi connectivity index (χ3v) is 1.19.